The molecule has 0 bridgehead atoms. The van der Waals surface area contributed by atoms with E-state index in [4.69, 9.17) is 11.5 Å². The minimum absolute atomic E-state index is 0.0664. The summed E-state index contributed by atoms with van der Waals surface area (Å²) >= 11 is 0. The van der Waals surface area contributed by atoms with Crippen LogP contribution in [0.3, 0.4) is 0 Å². The molecule has 1 aromatic heterocycles. The van der Waals surface area contributed by atoms with Crippen LogP contribution in [0.15, 0.2) is 60.8 Å². The Bertz CT molecular complexity index is 1820. The fourth-order valence-electron chi connectivity index (χ4n) is 5.70. The highest BCUT2D eigenvalue weighted by molar-refractivity contribution is 5.97. The number of primary amides is 1. The van der Waals surface area contributed by atoms with Crippen LogP contribution in [-0.4, -0.2) is 111 Å². The van der Waals surface area contributed by atoms with Crippen molar-refractivity contribution in [2.45, 2.75) is 88.8 Å². The quantitative estimate of drug-likeness (QED) is 0.0568. The zero-order valence-electron chi connectivity index (χ0n) is 30.8. The lowest BCUT2D eigenvalue weighted by molar-refractivity contribution is -0.145. The number of aromatic amines is 1. The van der Waals surface area contributed by atoms with E-state index in [2.05, 4.69) is 31.6 Å². The molecule has 6 amide bonds. The predicted octanol–water partition coefficient (Wildman–Crippen LogP) is -1.92. The Kier molecular flexibility index (Phi) is 16.3. The number of benzene rings is 2. The van der Waals surface area contributed by atoms with Gasteiger partial charge in [-0.1, -0.05) is 68.8 Å². The number of H-pyrrole nitrogens is 1. The van der Waals surface area contributed by atoms with Crippen molar-refractivity contribution < 1.29 is 48.9 Å². The molecule has 13 N–H and O–H groups in total. The highest BCUT2D eigenvalue weighted by Crippen LogP contribution is 2.19. The molecule has 18 heteroatoms. The molecule has 0 fully saturated rings. The number of carbonyl (C=O) groups excluding carboxylic acids is 6. The molecule has 0 saturated heterocycles. The first kappa shape index (κ1) is 43.6. The minimum Gasteiger partial charge on any atom is -0.480 e. The number of fused-ring (bicyclic) bond motifs is 1. The molecule has 298 valence electrons. The van der Waals surface area contributed by atoms with E-state index in [1.54, 1.807) is 56.4 Å². The summed E-state index contributed by atoms with van der Waals surface area (Å²) in [6, 6.07) is 7.11. The molecule has 0 saturated carbocycles. The van der Waals surface area contributed by atoms with Crippen LogP contribution < -0.4 is 38.1 Å². The second kappa shape index (κ2) is 20.6. The molecule has 1 heterocycles. The van der Waals surface area contributed by atoms with Gasteiger partial charge in [0.25, 0.3) is 0 Å². The van der Waals surface area contributed by atoms with Crippen molar-refractivity contribution in [3.05, 3.63) is 71.9 Å². The molecule has 18 nitrogen and oxygen atoms in total. The Balaban J connectivity index is 1.88. The molecule has 0 aliphatic heterocycles. The maximum absolute atomic E-state index is 14.0. The number of aliphatic hydroxyl groups excluding tert-OH is 2. The number of hydrogen-bond donors (Lipinski definition) is 11. The summed E-state index contributed by atoms with van der Waals surface area (Å²) in [4.78, 5) is 93.6. The van der Waals surface area contributed by atoms with Crippen molar-refractivity contribution in [2.24, 2.45) is 17.4 Å². The number of nitrogens with two attached hydrogens (primary N) is 2. The number of amides is 6. The molecule has 3 aromatic rings. The number of carboxylic acids is 1. The van der Waals surface area contributed by atoms with E-state index in [1.165, 1.54) is 6.92 Å². The van der Waals surface area contributed by atoms with Crippen LogP contribution in [0.2, 0.25) is 0 Å². The van der Waals surface area contributed by atoms with Crippen molar-refractivity contribution >= 4 is 52.3 Å². The molecule has 0 aliphatic rings. The number of carbonyl (C=O) groups is 7. The van der Waals surface area contributed by atoms with E-state index in [-0.39, 0.29) is 12.8 Å². The van der Waals surface area contributed by atoms with Gasteiger partial charge in [0.15, 0.2) is 6.04 Å². The number of carboxylic acid groups (broad SMARTS) is 1. The minimum atomic E-state index is -1.67. The zero-order chi connectivity index (χ0) is 40.8. The standard InChI is InChI=1S/C37H50N8O10/c1-4-19(2)30(36(53)45-31(20(3)47)37(54)55)44-35(52)28(18-46)43-33(50)26(14-21-10-6-5-7-11-21)42-34(51)27(41-32(49)24(38)16-29(39)48)15-22-17-40-25-13-9-8-12-23(22)25/h5-13,17,19-20,24,26-28,30-31,40,46-47H,4,14-16,18,38H2,1-3H3,(H2,39,48)(H,41,49)(H,42,51)(H,43,50)(H,44,52)(H,45,53)(H,54,55)/t19-,20+,24-,26-,27-,28-,30-,31-/m0/s1. The second-order valence-corrected chi connectivity index (χ2v) is 13.3. The van der Waals surface area contributed by atoms with Gasteiger partial charge in [0.2, 0.25) is 35.4 Å². The molecular weight excluding hydrogens is 716 g/mol. The SMILES string of the molecule is CC[C@H](C)[C@H](NC(=O)[C@H](CO)NC(=O)[C@H](Cc1ccccc1)NC(=O)[C@H](Cc1c[nH]c2ccccc12)NC(=O)[C@@H](N)CC(N)=O)C(=O)N[C@H](C(=O)O)[C@@H](C)O. The monoisotopic (exact) mass is 766 g/mol. The van der Waals surface area contributed by atoms with E-state index in [9.17, 15) is 48.9 Å². The summed E-state index contributed by atoms with van der Waals surface area (Å²) in [5, 5.41) is 42.5. The van der Waals surface area contributed by atoms with E-state index in [1.807, 2.05) is 18.2 Å². The third kappa shape index (κ3) is 12.6. The average Bonchev–Trinajstić information content (AvgIpc) is 3.56. The molecule has 55 heavy (non-hydrogen) atoms. The number of aliphatic carboxylic acids is 1. The third-order valence-electron chi connectivity index (χ3n) is 9.06. The Morgan fingerprint density at radius 2 is 1.27 bits per heavy atom. The van der Waals surface area contributed by atoms with Crippen molar-refractivity contribution in [3.63, 3.8) is 0 Å². The van der Waals surface area contributed by atoms with Crippen LogP contribution in [0, 0.1) is 5.92 Å². The van der Waals surface area contributed by atoms with Crippen molar-refractivity contribution in [1.82, 2.24) is 31.6 Å². The lowest BCUT2D eigenvalue weighted by Crippen LogP contribution is -2.61. The Morgan fingerprint density at radius 1 is 0.727 bits per heavy atom. The third-order valence-corrected chi connectivity index (χ3v) is 9.06. The normalized spacial score (nSPS) is 15.5. The maximum Gasteiger partial charge on any atom is 0.328 e. The zero-order valence-corrected chi connectivity index (χ0v) is 30.8. The van der Waals surface area contributed by atoms with Crippen LogP contribution in [0.25, 0.3) is 10.9 Å². The van der Waals surface area contributed by atoms with Gasteiger partial charge in [-0.25, -0.2) is 4.79 Å². The van der Waals surface area contributed by atoms with E-state index < -0.39 is 103 Å². The largest absolute Gasteiger partial charge is 0.480 e. The number of hydrogen-bond acceptors (Lipinski definition) is 10. The number of aromatic nitrogens is 1. The molecule has 0 unspecified atom stereocenters. The Morgan fingerprint density at radius 3 is 1.85 bits per heavy atom. The average molecular weight is 767 g/mol. The molecular formula is C37H50N8O10. The Labute approximate surface area is 317 Å². The molecule has 2 aromatic carbocycles. The van der Waals surface area contributed by atoms with Crippen molar-refractivity contribution in [3.8, 4) is 0 Å². The summed E-state index contributed by atoms with van der Waals surface area (Å²) in [6.07, 6.45) is -0.0898. The van der Waals surface area contributed by atoms with Gasteiger partial charge < -0.3 is 58.4 Å². The molecule has 8 atom stereocenters. The topological polar surface area (TPSA) is 308 Å². The van der Waals surface area contributed by atoms with Gasteiger partial charge in [0, 0.05) is 29.9 Å². The van der Waals surface area contributed by atoms with E-state index in [0.717, 1.165) is 10.9 Å². The van der Waals surface area contributed by atoms with Gasteiger partial charge >= 0.3 is 5.97 Å². The van der Waals surface area contributed by atoms with Crippen LogP contribution in [0.1, 0.15) is 44.7 Å². The molecule has 0 aliphatic carbocycles. The van der Waals surface area contributed by atoms with Crippen LogP contribution >= 0.6 is 0 Å². The van der Waals surface area contributed by atoms with Gasteiger partial charge in [-0.15, -0.1) is 0 Å². The van der Waals surface area contributed by atoms with Gasteiger partial charge in [-0.3, -0.25) is 28.8 Å². The van der Waals surface area contributed by atoms with E-state index >= 15 is 0 Å². The fourth-order valence-corrected chi connectivity index (χ4v) is 5.70. The summed E-state index contributed by atoms with van der Waals surface area (Å²) in [7, 11) is 0. The van der Waals surface area contributed by atoms with Crippen LogP contribution in [-0.2, 0) is 46.4 Å². The highest BCUT2D eigenvalue weighted by Gasteiger charge is 2.35. The van der Waals surface area contributed by atoms with Gasteiger partial charge in [-0.2, -0.15) is 0 Å². The van der Waals surface area contributed by atoms with Gasteiger partial charge in [0.1, 0.15) is 24.2 Å². The highest BCUT2D eigenvalue weighted by atomic mass is 16.4. The fraction of sp³-hybridized carbons (Fsp3) is 0.432. The van der Waals surface area contributed by atoms with Crippen LogP contribution in [0.4, 0.5) is 0 Å². The van der Waals surface area contributed by atoms with Gasteiger partial charge in [-0.05, 0) is 30.0 Å². The lowest BCUT2D eigenvalue weighted by Gasteiger charge is -2.28. The smallest absolute Gasteiger partial charge is 0.328 e. The van der Waals surface area contributed by atoms with Crippen LogP contribution in [0.5, 0.6) is 0 Å². The lowest BCUT2D eigenvalue weighted by atomic mass is 9.97. The maximum atomic E-state index is 14.0. The molecule has 0 radical (unpaired) electrons. The molecule has 0 spiro atoms. The Hall–Kier alpha value is -5.85. The number of aliphatic hydroxyl groups is 2. The first-order chi connectivity index (χ1) is 26.1. The summed E-state index contributed by atoms with van der Waals surface area (Å²) in [5.41, 5.74) is 13.1. The summed E-state index contributed by atoms with van der Waals surface area (Å²) in [5.74, 6) is -7.34. The number of para-hydroxylation sites is 1. The number of nitrogens with one attached hydrogen (secondary N) is 6. The number of rotatable bonds is 21. The van der Waals surface area contributed by atoms with Crippen molar-refractivity contribution in [2.75, 3.05) is 6.61 Å². The second-order valence-electron chi connectivity index (χ2n) is 13.3. The predicted molar refractivity (Wildman–Crippen MR) is 199 cm³/mol. The summed E-state index contributed by atoms with van der Waals surface area (Å²) < 4.78 is 0. The van der Waals surface area contributed by atoms with E-state index in [0.29, 0.717) is 17.5 Å². The first-order valence-corrected chi connectivity index (χ1v) is 17.7. The van der Waals surface area contributed by atoms with Gasteiger partial charge in [0.05, 0.1) is 25.2 Å². The summed E-state index contributed by atoms with van der Waals surface area (Å²) in [6.45, 7) is 3.59. The first-order valence-electron chi connectivity index (χ1n) is 17.7. The van der Waals surface area contributed by atoms with Crippen molar-refractivity contribution in [1.29, 1.82) is 0 Å². The molecule has 3 rings (SSSR count).